The largest absolute Gasteiger partial charge is 0.493 e. The fraction of sp³-hybridized carbons (Fsp3) is 0.208. The van der Waals surface area contributed by atoms with Crippen molar-refractivity contribution in [3.8, 4) is 11.5 Å². The van der Waals surface area contributed by atoms with Crippen molar-refractivity contribution in [1.82, 2.24) is 0 Å². The van der Waals surface area contributed by atoms with E-state index in [1.54, 1.807) is 14.2 Å². The van der Waals surface area contributed by atoms with Crippen molar-refractivity contribution in [2.45, 2.75) is 23.5 Å². The molecule has 3 aromatic carbocycles. The molecule has 0 amide bonds. The molecule has 28 heavy (non-hydrogen) atoms. The number of nitrogens with zero attached hydrogens (tertiary/aromatic N) is 1. The molecule has 0 fully saturated rings. The van der Waals surface area contributed by atoms with Crippen LogP contribution in [0.25, 0.3) is 0 Å². The molecule has 4 rings (SSSR count). The average Bonchev–Trinajstić information content (AvgIpc) is 2.93. The van der Waals surface area contributed by atoms with Crippen LogP contribution in [0.3, 0.4) is 0 Å². The van der Waals surface area contributed by atoms with E-state index in [0.717, 1.165) is 29.3 Å². The monoisotopic (exact) mass is 389 g/mol. The molecule has 142 valence electrons. The molecule has 0 radical (unpaired) electrons. The van der Waals surface area contributed by atoms with Gasteiger partial charge in [-0.3, -0.25) is 4.99 Å². The van der Waals surface area contributed by atoms with Crippen molar-refractivity contribution in [2.75, 3.05) is 14.2 Å². The van der Waals surface area contributed by atoms with Crippen LogP contribution in [0.1, 0.15) is 28.4 Å². The number of aryl methyl sites for hydroxylation is 1. The summed E-state index contributed by atoms with van der Waals surface area (Å²) in [5.41, 5.74) is 5.78. The molecular weight excluding hydrogens is 366 g/mol. The quantitative estimate of drug-likeness (QED) is 0.519. The molecule has 0 unspecified atom stereocenters. The van der Waals surface area contributed by atoms with Gasteiger partial charge in [-0.05, 0) is 42.3 Å². The van der Waals surface area contributed by atoms with Crippen LogP contribution in [-0.4, -0.2) is 19.9 Å². The minimum absolute atomic E-state index is 0.239. The lowest BCUT2D eigenvalue weighted by molar-refractivity contribution is 0.354. The van der Waals surface area contributed by atoms with Crippen LogP contribution in [0.5, 0.6) is 11.5 Å². The number of methoxy groups -OCH3 is 2. The van der Waals surface area contributed by atoms with Crippen LogP contribution >= 0.6 is 11.8 Å². The Labute approximate surface area is 170 Å². The van der Waals surface area contributed by atoms with Gasteiger partial charge in [-0.1, -0.05) is 48.0 Å². The molecule has 0 aliphatic carbocycles. The number of benzene rings is 3. The van der Waals surface area contributed by atoms with E-state index in [9.17, 15) is 0 Å². The average molecular weight is 390 g/mol. The van der Waals surface area contributed by atoms with Gasteiger partial charge in [0.1, 0.15) is 0 Å². The van der Waals surface area contributed by atoms with E-state index in [1.165, 1.54) is 21.6 Å². The first-order chi connectivity index (χ1) is 13.7. The highest BCUT2D eigenvalue weighted by atomic mass is 32.2. The minimum atomic E-state index is 0.239. The van der Waals surface area contributed by atoms with E-state index in [-0.39, 0.29) is 5.25 Å². The van der Waals surface area contributed by atoms with E-state index in [1.807, 2.05) is 23.9 Å². The Hall–Kier alpha value is -2.72. The number of ether oxygens (including phenoxy) is 2. The van der Waals surface area contributed by atoms with Crippen LogP contribution in [0.15, 0.2) is 76.6 Å². The van der Waals surface area contributed by atoms with Crippen LogP contribution in [0.2, 0.25) is 0 Å². The maximum atomic E-state index is 5.53. The normalized spacial score (nSPS) is 16.0. The summed E-state index contributed by atoms with van der Waals surface area (Å²) in [6, 6.07) is 23.2. The van der Waals surface area contributed by atoms with E-state index in [4.69, 9.17) is 14.5 Å². The molecule has 0 spiro atoms. The third kappa shape index (κ3) is 3.78. The zero-order valence-corrected chi connectivity index (χ0v) is 17.1. The summed E-state index contributed by atoms with van der Waals surface area (Å²) < 4.78 is 10.9. The first-order valence-electron chi connectivity index (χ1n) is 9.30. The standard InChI is InChI=1S/C24H23NO2S/c1-16-8-10-17(11-9-16)20-15-24(28-23-7-5-4-6-19(23)25-20)18-12-13-21(26-2)22(14-18)27-3/h4-14,24H,15H2,1-3H3/t24-/m0/s1. The molecule has 0 saturated carbocycles. The van der Waals surface area contributed by atoms with E-state index >= 15 is 0 Å². The Morgan fingerprint density at radius 3 is 2.39 bits per heavy atom. The lowest BCUT2D eigenvalue weighted by Gasteiger charge is -2.18. The van der Waals surface area contributed by atoms with Gasteiger partial charge in [0, 0.05) is 22.3 Å². The van der Waals surface area contributed by atoms with Crippen molar-refractivity contribution in [2.24, 2.45) is 4.99 Å². The molecule has 1 heterocycles. The summed E-state index contributed by atoms with van der Waals surface area (Å²) >= 11 is 1.85. The molecule has 3 nitrogen and oxygen atoms in total. The summed E-state index contributed by atoms with van der Waals surface area (Å²) in [7, 11) is 3.34. The van der Waals surface area contributed by atoms with Gasteiger partial charge in [0.25, 0.3) is 0 Å². The summed E-state index contributed by atoms with van der Waals surface area (Å²) in [5, 5.41) is 0.239. The minimum Gasteiger partial charge on any atom is -0.493 e. The highest BCUT2D eigenvalue weighted by Crippen LogP contribution is 2.46. The van der Waals surface area contributed by atoms with Gasteiger partial charge in [-0.2, -0.15) is 0 Å². The van der Waals surface area contributed by atoms with Crippen LogP contribution in [0.4, 0.5) is 5.69 Å². The van der Waals surface area contributed by atoms with E-state index < -0.39 is 0 Å². The van der Waals surface area contributed by atoms with E-state index in [0.29, 0.717) is 0 Å². The van der Waals surface area contributed by atoms with Gasteiger partial charge < -0.3 is 9.47 Å². The van der Waals surface area contributed by atoms with Crippen LogP contribution in [-0.2, 0) is 0 Å². The summed E-state index contributed by atoms with van der Waals surface area (Å²) in [4.78, 5) is 6.23. The molecule has 0 aromatic heterocycles. The zero-order chi connectivity index (χ0) is 19.5. The molecule has 0 N–H and O–H groups in total. The smallest absolute Gasteiger partial charge is 0.161 e. The Kier molecular flexibility index (Phi) is 5.40. The van der Waals surface area contributed by atoms with Gasteiger partial charge in [-0.15, -0.1) is 11.8 Å². The number of para-hydroxylation sites is 1. The molecule has 1 aliphatic rings. The summed E-state index contributed by atoms with van der Waals surface area (Å²) in [5.74, 6) is 1.50. The Bertz CT molecular complexity index is 1010. The van der Waals surface area contributed by atoms with Crippen molar-refractivity contribution in [1.29, 1.82) is 0 Å². The topological polar surface area (TPSA) is 30.8 Å². The fourth-order valence-electron chi connectivity index (χ4n) is 3.38. The maximum Gasteiger partial charge on any atom is 0.161 e. The third-order valence-corrected chi connectivity index (χ3v) is 6.26. The Morgan fingerprint density at radius 1 is 0.893 bits per heavy atom. The van der Waals surface area contributed by atoms with Gasteiger partial charge in [0.05, 0.1) is 19.9 Å². The SMILES string of the molecule is COc1ccc([C@@H]2CC(c3ccc(C)cc3)=Nc3ccccc3S2)cc1OC. The number of rotatable bonds is 4. The molecule has 1 aliphatic heterocycles. The second-order valence-corrected chi connectivity index (χ2v) is 8.06. The highest BCUT2D eigenvalue weighted by molar-refractivity contribution is 7.99. The molecule has 4 heteroatoms. The lowest BCUT2D eigenvalue weighted by Crippen LogP contribution is -2.06. The van der Waals surface area contributed by atoms with E-state index in [2.05, 4.69) is 61.5 Å². The van der Waals surface area contributed by atoms with Gasteiger partial charge in [-0.25, -0.2) is 0 Å². The second-order valence-electron chi connectivity index (χ2n) is 6.82. The molecule has 0 bridgehead atoms. The van der Waals surface area contributed by atoms with Gasteiger partial charge >= 0.3 is 0 Å². The van der Waals surface area contributed by atoms with Gasteiger partial charge in [0.2, 0.25) is 0 Å². The van der Waals surface area contributed by atoms with Crippen molar-refractivity contribution >= 4 is 23.2 Å². The molecule has 0 saturated heterocycles. The fourth-order valence-corrected chi connectivity index (χ4v) is 4.60. The Morgan fingerprint density at radius 2 is 1.64 bits per heavy atom. The second kappa shape index (κ2) is 8.11. The molecule has 1 atom stereocenters. The third-order valence-electron chi connectivity index (χ3n) is 4.93. The van der Waals surface area contributed by atoms with Crippen molar-refractivity contribution in [3.63, 3.8) is 0 Å². The number of thioether (sulfide) groups is 1. The lowest BCUT2D eigenvalue weighted by atomic mass is 10.00. The summed E-state index contributed by atoms with van der Waals surface area (Å²) in [6.07, 6.45) is 0.845. The number of aliphatic imine (C=N–C) groups is 1. The van der Waals surface area contributed by atoms with Crippen LogP contribution in [0, 0.1) is 6.92 Å². The molecular formula is C24H23NO2S. The molecule has 3 aromatic rings. The van der Waals surface area contributed by atoms with Gasteiger partial charge in [0.15, 0.2) is 11.5 Å². The van der Waals surface area contributed by atoms with Crippen LogP contribution < -0.4 is 9.47 Å². The number of hydrogen-bond donors (Lipinski definition) is 0. The number of hydrogen-bond acceptors (Lipinski definition) is 4. The maximum absolute atomic E-state index is 5.53. The predicted octanol–water partition coefficient (Wildman–Crippen LogP) is 6.37. The predicted molar refractivity (Wildman–Crippen MR) is 117 cm³/mol. The highest BCUT2D eigenvalue weighted by Gasteiger charge is 2.23. The number of fused-ring (bicyclic) bond motifs is 1. The first kappa shape index (κ1) is 18.6. The Balaban J connectivity index is 1.77. The van der Waals surface area contributed by atoms with Crippen molar-refractivity contribution in [3.05, 3.63) is 83.4 Å². The van der Waals surface area contributed by atoms with Crippen molar-refractivity contribution < 1.29 is 9.47 Å². The first-order valence-corrected chi connectivity index (χ1v) is 10.2. The zero-order valence-electron chi connectivity index (χ0n) is 16.3. The summed E-state index contributed by atoms with van der Waals surface area (Å²) in [6.45, 7) is 2.11.